The Bertz CT molecular complexity index is 1340. The lowest BCUT2D eigenvalue weighted by molar-refractivity contribution is 0.102. The second kappa shape index (κ2) is 12.4. The van der Waals surface area contributed by atoms with Gasteiger partial charge in [-0.1, -0.05) is 56.3 Å². The molecule has 2 amide bonds. The number of ether oxygens (including phenoxy) is 1. The molecule has 4 aromatic carbocycles. The van der Waals surface area contributed by atoms with Gasteiger partial charge in [-0.3, -0.25) is 9.59 Å². The van der Waals surface area contributed by atoms with Crippen LogP contribution in [0, 0.1) is 5.92 Å². The Morgan fingerprint density at radius 2 is 1.22 bits per heavy atom. The molecule has 4 aromatic rings. The zero-order chi connectivity index (χ0) is 26.0. The number of carbonyl (C=O) groups excluding carboxylic acids is 2. The highest BCUT2D eigenvalue weighted by molar-refractivity contribution is 6.13. The number of rotatable bonds is 10. The molecule has 0 saturated heterocycles. The lowest BCUT2D eigenvalue weighted by atomic mass is 10.1. The van der Waals surface area contributed by atoms with Gasteiger partial charge in [0.05, 0.1) is 23.4 Å². The van der Waals surface area contributed by atoms with Crippen LogP contribution in [-0.4, -0.2) is 18.4 Å². The molecule has 0 saturated carbocycles. The third kappa shape index (κ3) is 7.21. The molecule has 0 radical (unpaired) electrons. The van der Waals surface area contributed by atoms with Crippen LogP contribution >= 0.6 is 0 Å². The molecule has 0 fully saturated rings. The minimum atomic E-state index is -0.336. The maximum Gasteiger partial charge on any atom is 0.259 e. The normalized spacial score (nSPS) is 10.6. The fraction of sp³-hybridized carbons (Fsp3) is 0.161. The summed E-state index contributed by atoms with van der Waals surface area (Å²) >= 11 is 0. The first-order chi connectivity index (χ1) is 18.0. The van der Waals surface area contributed by atoms with E-state index >= 15 is 0 Å². The summed E-state index contributed by atoms with van der Waals surface area (Å²) in [7, 11) is 0. The molecule has 0 aliphatic carbocycles. The predicted molar refractivity (Wildman–Crippen MR) is 150 cm³/mol. The molecule has 0 atom stereocenters. The van der Waals surface area contributed by atoms with Crippen LogP contribution in [0.15, 0.2) is 103 Å². The zero-order valence-electron chi connectivity index (χ0n) is 21.0. The molecule has 6 nitrogen and oxygen atoms in total. The van der Waals surface area contributed by atoms with Crippen molar-refractivity contribution in [2.24, 2.45) is 5.92 Å². The first-order valence-electron chi connectivity index (χ1n) is 12.4. The van der Waals surface area contributed by atoms with Crippen LogP contribution in [0.5, 0.6) is 5.75 Å². The summed E-state index contributed by atoms with van der Waals surface area (Å²) in [4.78, 5) is 26.2. The van der Waals surface area contributed by atoms with Gasteiger partial charge in [-0.2, -0.15) is 0 Å². The summed E-state index contributed by atoms with van der Waals surface area (Å²) in [5.74, 6) is 0.368. The molecule has 0 heterocycles. The Balaban J connectivity index is 1.43. The SMILES string of the molecule is CC(C)CCOc1ccccc1C(=O)Nc1ccccc1C(=O)Nc1ccc(Nc2ccccc2)cc1. The van der Waals surface area contributed by atoms with Crippen LogP contribution in [0.1, 0.15) is 41.0 Å². The number of benzene rings is 4. The van der Waals surface area contributed by atoms with Gasteiger partial charge in [0, 0.05) is 17.1 Å². The maximum absolute atomic E-state index is 13.1. The van der Waals surface area contributed by atoms with Crippen molar-refractivity contribution in [2.75, 3.05) is 22.6 Å². The number of amides is 2. The number of carbonyl (C=O) groups is 2. The van der Waals surface area contributed by atoms with Crippen LogP contribution in [0.25, 0.3) is 0 Å². The average molecular weight is 494 g/mol. The van der Waals surface area contributed by atoms with E-state index < -0.39 is 0 Å². The standard InChI is InChI=1S/C31H31N3O3/c1-22(2)20-21-37-29-15-9-7-13-27(29)31(36)34-28-14-8-6-12-26(28)30(35)33-25-18-16-24(17-19-25)32-23-10-4-3-5-11-23/h3-19,22,32H,20-21H2,1-2H3,(H,33,35)(H,34,36). The van der Waals surface area contributed by atoms with E-state index in [0.717, 1.165) is 17.8 Å². The third-order valence-corrected chi connectivity index (χ3v) is 5.71. The number of nitrogens with one attached hydrogen (secondary N) is 3. The van der Waals surface area contributed by atoms with Crippen LogP contribution in [-0.2, 0) is 0 Å². The van der Waals surface area contributed by atoms with E-state index in [2.05, 4.69) is 29.8 Å². The Labute approximate surface area is 217 Å². The Kier molecular flexibility index (Phi) is 8.55. The molecule has 0 unspecified atom stereocenters. The van der Waals surface area contributed by atoms with Crippen molar-refractivity contribution in [3.8, 4) is 5.75 Å². The first-order valence-corrected chi connectivity index (χ1v) is 12.4. The summed E-state index contributed by atoms with van der Waals surface area (Å²) in [6, 6.07) is 31.4. The fourth-order valence-electron chi connectivity index (χ4n) is 3.69. The Hall–Kier alpha value is -4.58. The second-order valence-corrected chi connectivity index (χ2v) is 9.05. The third-order valence-electron chi connectivity index (χ3n) is 5.71. The van der Waals surface area contributed by atoms with Crippen molar-refractivity contribution in [3.05, 3.63) is 114 Å². The molecule has 0 spiro atoms. The van der Waals surface area contributed by atoms with Gasteiger partial charge in [0.1, 0.15) is 5.75 Å². The molecule has 0 aliphatic heterocycles. The van der Waals surface area contributed by atoms with Gasteiger partial charge in [0.25, 0.3) is 11.8 Å². The second-order valence-electron chi connectivity index (χ2n) is 9.05. The highest BCUT2D eigenvalue weighted by Gasteiger charge is 2.17. The van der Waals surface area contributed by atoms with Crippen molar-refractivity contribution < 1.29 is 14.3 Å². The Morgan fingerprint density at radius 1 is 0.649 bits per heavy atom. The van der Waals surface area contributed by atoms with Crippen LogP contribution in [0.2, 0.25) is 0 Å². The van der Waals surface area contributed by atoms with Gasteiger partial charge in [-0.15, -0.1) is 0 Å². The van der Waals surface area contributed by atoms with Gasteiger partial charge in [0.15, 0.2) is 0 Å². The molecule has 37 heavy (non-hydrogen) atoms. The number of hydrogen-bond acceptors (Lipinski definition) is 4. The van der Waals surface area contributed by atoms with E-state index in [1.54, 1.807) is 42.5 Å². The summed E-state index contributed by atoms with van der Waals surface area (Å²) < 4.78 is 5.87. The lowest BCUT2D eigenvalue weighted by Crippen LogP contribution is -2.19. The van der Waals surface area contributed by atoms with E-state index in [9.17, 15) is 9.59 Å². The summed E-state index contributed by atoms with van der Waals surface area (Å²) in [6.07, 6.45) is 0.891. The molecule has 188 valence electrons. The monoisotopic (exact) mass is 493 g/mol. The lowest BCUT2D eigenvalue weighted by Gasteiger charge is -2.14. The fourth-order valence-corrected chi connectivity index (χ4v) is 3.69. The van der Waals surface area contributed by atoms with E-state index in [0.29, 0.717) is 40.8 Å². The number of anilines is 4. The highest BCUT2D eigenvalue weighted by Crippen LogP contribution is 2.24. The van der Waals surface area contributed by atoms with E-state index in [1.807, 2.05) is 60.7 Å². The number of hydrogen-bond donors (Lipinski definition) is 3. The van der Waals surface area contributed by atoms with Crippen molar-refractivity contribution in [2.45, 2.75) is 20.3 Å². The van der Waals surface area contributed by atoms with Crippen molar-refractivity contribution in [1.82, 2.24) is 0 Å². The molecule has 0 bridgehead atoms. The van der Waals surface area contributed by atoms with E-state index in [4.69, 9.17) is 4.74 Å². The molecular weight excluding hydrogens is 462 g/mol. The van der Waals surface area contributed by atoms with Gasteiger partial charge >= 0.3 is 0 Å². The smallest absolute Gasteiger partial charge is 0.259 e. The topological polar surface area (TPSA) is 79.5 Å². The largest absolute Gasteiger partial charge is 0.493 e. The minimum Gasteiger partial charge on any atom is -0.493 e. The van der Waals surface area contributed by atoms with E-state index in [1.165, 1.54) is 0 Å². The number of para-hydroxylation sites is 3. The molecular formula is C31H31N3O3. The molecule has 4 rings (SSSR count). The molecule has 6 heteroatoms. The van der Waals surface area contributed by atoms with Crippen molar-refractivity contribution in [1.29, 1.82) is 0 Å². The van der Waals surface area contributed by atoms with Crippen molar-refractivity contribution in [3.63, 3.8) is 0 Å². The van der Waals surface area contributed by atoms with Crippen molar-refractivity contribution >= 4 is 34.6 Å². The van der Waals surface area contributed by atoms with Gasteiger partial charge in [0.2, 0.25) is 0 Å². The van der Waals surface area contributed by atoms with Crippen LogP contribution < -0.4 is 20.7 Å². The average Bonchev–Trinajstić information content (AvgIpc) is 2.91. The summed E-state index contributed by atoms with van der Waals surface area (Å²) in [5.41, 5.74) is 3.74. The highest BCUT2D eigenvalue weighted by atomic mass is 16.5. The minimum absolute atomic E-state index is 0.318. The zero-order valence-corrected chi connectivity index (χ0v) is 21.0. The quantitative estimate of drug-likeness (QED) is 0.216. The van der Waals surface area contributed by atoms with Crippen LogP contribution in [0.3, 0.4) is 0 Å². The summed E-state index contributed by atoms with van der Waals surface area (Å²) in [5, 5.41) is 9.10. The first kappa shape index (κ1) is 25.5. The Morgan fingerprint density at radius 3 is 1.95 bits per heavy atom. The predicted octanol–water partition coefficient (Wildman–Crippen LogP) is 7.36. The molecule has 0 aromatic heterocycles. The molecule has 0 aliphatic rings. The van der Waals surface area contributed by atoms with Crippen LogP contribution in [0.4, 0.5) is 22.7 Å². The van der Waals surface area contributed by atoms with E-state index in [-0.39, 0.29) is 11.8 Å². The van der Waals surface area contributed by atoms with Gasteiger partial charge in [-0.25, -0.2) is 0 Å². The summed E-state index contributed by atoms with van der Waals surface area (Å²) in [6.45, 7) is 4.78. The van der Waals surface area contributed by atoms with Gasteiger partial charge < -0.3 is 20.7 Å². The maximum atomic E-state index is 13.1. The molecule has 3 N–H and O–H groups in total. The van der Waals surface area contributed by atoms with Gasteiger partial charge in [-0.05, 0) is 73.0 Å².